The van der Waals surface area contributed by atoms with E-state index in [0.717, 1.165) is 16.7 Å². The maximum Gasteiger partial charge on any atom is 0.329 e. The van der Waals surface area contributed by atoms with Crippen LogP contribution in [-0.4, -0.2) is 50.6 Å². The van der Waals surface area contributed by atoms with Crippen LogP contribution in [-0.2, 0) is 9.59 Å². The van der Waals surface area contributed by atoms with Gasteiger partial charge in [0.2, 0.25) is 0 Å². The van der Waals surface area contributed by atoms with E-state index in [1.807, 2.05) is 0 Å². The molecule has 2 N–H and O–H groups in total. The summed E-state index contributed by atoms with van der Waals surface area (Å²) in [5.41, 5.74) is 0.663. The van der Waals surface area contributed by atoms with Crippen molar-refractivity contribution in [3.63, 3.8) is 0 Å². The maximum absolute atomic E-state index is 12.5. The Kier molecular flexibility index (Phi) is 6.13. The molecule has 1 aliphatic rings. The largest absolute Gasteiger partial charge is 0.489 e. The molecule has 2 rings (SSSR count). The molecule has 6 nitrogen and oxygen atoms in total. The minimum atomic E-state index is -1.39. The number of ether oxygens (including phenoxy) is 1. The van der Waals surface area contributed by atoms with Gasteiger partial charge in [-0.15, -0.1) is 0 Å². The number of carboxylic acids is 1. The number of carbonyl (C=O) groups is 2. The molecule has 0 aromatic heterocycles. The van der Waals surface area contributed by atoms with Crippen molar-refractivity contribution in [2.75, 3.05) is 13.2 Å². The van der Waals surface area contributed by atoms with Crippen LogP contribution in [0.2, 0.25) is 0 Å². The fourth-order valence-electron chi connectivity index (χ4n) is 2.04. The predicted octanol–water partition coefficient (Wildman–Crippen LogP) is 1.90. The highest BCUT2D eigenvalue weighted by Gasteiger charge is 2.40. The van der Waals surface area contributed by atoms with Crippen molar-refractivity contribution in [1.82, 2.24) is 4.90 Å². The third kappa shape index (κ3) is 3.84. The Labute approximate surface area is 148 Å². The Morgan fingerprint density at radius 1 is 1.46 bits per heavy atom. The number of aliphatic hydroxyl groups is 1. The molecule has 0 bridgehead atoms. The lowest BCUT2D eigenvalue weighted by molar-refractivity contribution is -0.146. The third-order valence-corrected chi connectivity index (χ3v) is 4.49. The number of amides is 1. The summed E-state index contributed by atoms with van der Waals surface area (Å²) in [5, 5.41) is 18.3. The molecule has 1 unspecified atom stereocenters. The fraction of sp³-hybridized carbons (Fsp3) is 0.188. The number of rotatable bonds is 7. The summed E-state index contributed by atoms with van der Waals surface area (Å²) >= 11 is 6.07. The Balaban J connectivity index is 2.32. The van der Waals surface area contributed by atoms with Gasteiger partial charge in [0.25, 0.3) is 5.91 Å². The van der Waals surface area contributed by atoms with Crippen molar-refractivity contribution < 1.29 is 24.5 Å². The van der Waals surface area contributed by atoms with Gasteiger partial charge in [-0.2, -0.15) is 0 Å². The van der Waals surface area contributed by atoms with Gasteiger partial charge < -0.3 is 14.9 Å². The summed E-state index contributed by atoms with van der Waals surface area (Å²) in [6.45, 7) is 3.19. The molecule has 0 spiro atoms. The number of hydrogen-bond acceptors (Lipinski definition) is 6. The lowest BCUT2D eigenvalue weighted by Gasteiger charge is -2.20. The Morgan fingerprint density at radius 2 is 2.17 bits per heavy atom. The van der Waals surface area contributed by atoms with Gasteiger partial charge >= 0.3 is 5.97 Å². The SMILES string of the molecule is C=CCOc1ccccc1C=C1SC(=S)N(C(CO)C(=O)O)C1=O. The summed E-state index contributed by atoms with van der Waals surface area (Å²) in [5.74, 6) is -1.30. The first kappa shape index (κ1) is 18.2. The molecule has 126 valence electrons. The van der Waals surface area contributed by atoms with Gasteiger partial charge in [0.05, 0.1) is 11.5 Å². The van der Waals surface area contributed by atoms with E-state index in [-0.39, 0.29) is 9.23 Å². The number of para-hydroxylation sites is 1. The number of thiocarbonyl (C=S) groups is 1. The summed E-state index contributed by atoms with van der Waals surface area (Å²) < 4.78 is 5.62. The smallest absolute Gasteiger partial charge is 0.329 e. The first-order chi connectivity index (χ1) is 11.5. The number of benzene rings is 1. The minimum Gasteiger partial charge on any atom is -0.489 e. The number of aliphatic hydroxyl groups excluding tert-OH is 1. The number of nitrogens with zero attached hydrogens (tertiary/aromatic N) is 1. The van der Waals surface area contributed by atoms with Crippen LogP contribution >= 0.6 is 24.0 Å². The number of thioether (sulfide) groups is 1. The quantitative estimate of drug-likeness (QED) is 0.433. The monoisotopic (exact) mass is 365 g/mol. The normalized spacial score (nSPS) is 17.2. The number of carboxylic acid groups (broad SMARTS) is 1. The highest BCUT2D eigenvalue weighted by atomic mass is 32.2. The second-order valence-corrected chi connectivity index (χ2v) is 6.40. The van der Waals surface area contributed by atoms with Crippen LogP contribution in [0, 0.1) is 0 Å². The van der Waals surface area contributed by atoms with E-state index in [2.05, 4.69) is 6.58 Å². The van der Waals surface area contributed by atoms with E-state index in [9.17, 15) is 14.7 Å². The fourth-order valence-corrected chi connectivity index (χ4v) is 3.39. The summed E-state index contributed by atoms with van der Waals surface area (Å²) in [7, 11) is 0. The number of carbonyl (C=O) groups excluding carboxylic acids is 1. The average molecular weight is 365 g/mol. The first-order valence-electron chi connectivity index (χ1n) is 6.93. The van der Waals surface area contributed by atoms with Gasteiger partial charge in [0.1, 0.15) is 16.7 Å². The predicted molar refractivity (Wildman–Crippen MR) is 95.7 cm³/mol. The van der Waals surface area contributed by atoms with Crippen molar-refractivity contribution >= 4 is 46.3 Å². The maximum atomic E-state index is 12.5. The van der Waals surface area contributed by atoms with E-state index in [1.165, 1.54) is 0 Å². The van der Waals surface area contributed by atoms with E-state index < -0.39 is 24.5 Å². The molecule has 8 heteroatoms. The lowest BCUT2D eigenvalue weighted by atomic mass is 10.1. The van der Waals surface area contributed by atoms with Crippen molar-refractivity contribution in [3.05, 3.63) is 47.4 Å². The van der Waals surface area contributed by atoms with Crippen LogP contribution in [0.5, 0.6) is 5.75 Å². The Morgan fingerprint density at radius 3 is 2.79 bits per heavy atom. The molecule has 1 heterocycles. The molecule has 1 fully saturated rings. The zero-order chi connectivity index (χ0) is 17.7. The topological polar surface area (TPSA) is 87.1 Å². The number of aliphatic carboxylic acids is 1. The minimum absolute atomic E-state index is 0.0946. The van der Waals surface area contributed by atoms with Crippen molar-refractivity contribution in [3.8, 4) is 5.75 Å². The van der Waals surface area contributed by atoms with Crippen LogP contribution in [0.1, 0.15) is 5.56 Å². The standard InChI is InChI=1S/C16H15NO5S2/c1-2-7-22-12-6-4-3-5-10(12)8-13-14(19)17(16(23)24-13)11(9-18)15(20)21/h2-6,8,11,18H,1,7,9H2,(H,20,21). The summed E-state index contributed by atoms with van der Waals surface area (Å²) in [4.78, 5) is 24.8. The molecular formula is C16H15NO5S2. The van der Waals surface area contributed by atoms with E-state index in [4.69, 9.17) is 22.1 Å². The van der Waals surface area contributed by atoms with Crippen LogP contribution in [0.3, 0.4) is 0 Å². The van der Waals surface area contributed by atoms with Gasteiger partial charge in [-0.3, -0.25) is 9.69 Å². The highest BCUT2D eigenvalue weighted by Crippen LogP contribution is 2.35. The van der Waals surface area contributed by atoms with Crippen molar-refractivity contribution in [1.29, 1.82) is 0 Å². The molecule has 0 saturated carbocycles. The first-order valence-corrected chi connectivity index (χ1v) is 8.15. The van der Waals surface area contributed by atoms with Gasteiger partial charge in [-0.05, 0) is 12.1 Å². The van der Waals surface area contributed by atoms with E-state index in [0.29, 0.717) is 17.9 Å². The Hall–Kier alpha value is -2.16. The number of hydrogen-bond donors (Lipinski definition) is 2. The summed E-state index contributed by atoms with van der Waals surface area (Å²) in [6.07, 6.45) is 3.20. The van der Waals surface area contributed by atoms with Crippen molar-refractivity contribution in [2.24, 2.45) is 0 Å². The molecule has 1 atom stereocenters. The average Bonchev–Trinajstić information content (AvgIpc) is 2.82. The highest BCUT2D eigenvalue weighted by molar-refractivity contribution is 8.26. The van der Waals surface area contributed by atoms with Crippen LogP contribution in [0.4, 0.5) is 0 Å². The van der Waals surface area contributed by atoms with Crippen molar-refractivity contribution in [2.45, 2.75) is 6.04 Å². The molecule has 24 heavy (non-hydrogen) atoms. The van der Waals surface area contributed by atoms with Crippen LogP contribution in [0.25, 0.3) is 6.08 Å². The molecule has 1 saturated heterocycles. The molecule has 1 amide bonds. The van der Waals surface area contributed by atoms with Crippen LogP contribution < -0.4 is 4.74 Å². The van der Waals surface area contributed by atoms with Gasteiger partial charge in [0.15, 0.2) is 6.04 Å². The second kappa shape index (κ2) is 8.09. The zero-order valence-corrected chi connectivity index (χ0v) is 14.2. The third-order valence-electron chi connectivity index (χ3n) is 3.16. The second-order valence-electron chi connectivity index (χ2n) is 4.73. The molecule has 1 aliphatic heterocycles. The van der Waals surface area contributed by atoms with Crippen LogP contribution in [0.15, 0.2) is 41.8 Å². The van der Waals surface area contributed by atoms with Gasteiger partial charge in [-0.25, -0.2) is 4.79 Å². The van der Waals surface area contributed by atoms with Gasteiger partial charge in [0, 0.05) is 5.56 Å². The molecule has 0 aliphatic carbocycles. The molecule has 1 aromatic carbocycles. The lowest BCUT2D eigenvalue weighted by Crippen LogP contribution is -2.46. The zero-order valence-electron chi connectivity index (χ0n) is 12.5. The molecule has 0 radical (unpaired) electrons. The van der Waals surface area contributed by atoms with E-state index in [1.54, 1.807) is 36.4 Å². The van der Waals surface area contributed by atoms with E-state index >= 15 is 0 Å². The molecular weight excluding hydrogens is 350 g/mol. The van der Waals surface area contributed by atoms with Gasteiger partial charge in [-0.1, -0.05) is 54.8 Å². The summed E-state index contributed by atoms with van der Waals surface area (Å²) in [6, 6.07) is 5.72. The Bertz CT molecular complexity index is 716. The molecule has 1 aromatic rings.